The van der Waals surface area contributed by atoms with Crippen molar-refractivity contribution in [2.45, 2.75) is 31.1 Å². The number of nitrogens with two attached hydrogens (primary N) is 2. The molecule has 1 aromatic carbocycles. The molecule has 0 aliphatic heterocycles. The van der Waals surface area contributed by atoms with Gasteiger partial charge in [-0.2, -0.15) is 0 Å². The van der Waals surface area contributed by atoms with Crippen LogP contribution in [0.5, 0.6) is 0 Å². The van der Waals surface area contributed by atoms with E-state index >= 15 is 0 Å². The normalized spacial score (nSPS) is 16.9. The van der Waals surface area contributed by atoms with E-state index in [1.54, 1.807) is 0 Å². The van der Waals surface area contributed by atoms with Gasteiger partial charge >= 0.3 is 0 Å². The Kier molecular flexibility index (Phi) is 5.91. The summed E-state index contributed by atoms with van der Waals surface area (Å²) in [6.45, 7) is 0.705. The fourth-order valence-electron chi connectivity index (χ4n) is 2.64. The Morgan fingerprint density at radius 2 is 1.72 bits per heavy atom. The van der Waals surface area contributed by atoms with Crippen molar-refractivity contribution in [3.63, 3.8) is 0 Å². The molecule has 0 saturated heterocycles. The van der Waals surface area contributed by atoms with Crippen LogP contribution in [0, 0.1) is 0 Å². The van der Waals surface area contributed by atoms with Gasteiger partial charge in [-0.05, 0) is 30.5 Å². The zero-order valence-electron chi connectivity index (χ0n) is 10.2. The molecule has 18 heavy (non-hydrogen) atoms. The Hall–Kier alpha value is -0.300. The fourth-order valence-corrected chi connectivity index (χ4v) is 2.90. The van der Waals surface area contributed by atoms with E-state index in [2.05, 4.69) is 45.2 Å². The zero-order valence-corrected chi connectivity index (χ0v) is 14.1. The third-order valence-electron chi connectivity index (χ3n) is 3.58. The number of guanidine groups is 1. The standard InChI is InChI=1S/C13H18BrN3.HI/c14-11-5-3-10(4-6-11)13(7-1-2-8-13)9-17-12(15)16;/h3-6H,1-2,7-9H2,(H4,15,16,17);1H. The highest BCUT2D eigenvalue weighted by Gasteiger charge is 2.35. The monoisotopic (exact) mass is 423 g/mol. The molecule has 0 bridgehead atoms. The molecule has 0 atom stereocenters. The Morgan fingerprint density at radius 3 is 2.22 bits per heavy atom. The van der Waals surface area contributed by atoms with E-state index in [1.807, 2.05) is 0 Å². The van der Waals surface area contributed by atoms with Crippen molar-refractivity contribution in [2.24, 2.45) is 16.5 Å². The molecule has 0 unspecified atom stereocenters. The highest BCUT2D eigenvalue weighted by molar-refractivity contribution is 14.0. The van der Waals surface area contributed by atoms with Crippen LogP contribution in [0.1, 0.15) is 31.2 Å². The van der Waals surface area contributed by atoms with Gasteiger partial charge in [0.2, 0.25) is 0 Å². The molecule has 1 aromatic rings. The summed E-state index contributed by atoms with van der Waals surface area (Å²) in [7, 11) is 0. The van der Waals surface area contributed by atoms with Gasteiger partial charge in [0, 0.05) is 9.89 Å². The third kappa shape index (κ3) is 3.60. The minimum Gasteiger partial charge on any atom is -0.370 e. The van der Waals surface area contributed by atoms with Gasteiger partial charge in [0.05, 0.1) is 6.54 Å². The molecule has 2 rings (SSSR count). The fraction of sp³-hybridized carbons (Fsp3) is 0.462. The van der Waals surface area contributed by atoms with Crippen molar-refractivity contribution >= 4 is 45.9 Å². The van der Waals surface area contributed by atoms with Crippen molar-refractivity contribution in [1.82, 2.24) is 0 Å². The van der Waals surface area contributed by atoms with Gasteiger partial charge in [-0.15, -0.1) is 24.0 Å². The molecule has 1 aliphatic rings. The lowest BCUT2D eigenvalue weighted by atomic mass is 9.79. The lowest BCUT2D eigenvalue weighted by Gasteiger charge is -2.27. The number of rotatable bonds is 3. The minimum absolute atomic E-state index is 0. The van der Waals surface area contributed by atoms with E-state index in [1.165, 1.54) is 31.2 Å². The van der Waals surface area contributed by atoms with Crippen LogP contribution in [-0.2, 0) is 5.41 Å². The smallest absolute Gasteiger partial charge is 0.185 e. The molecular weight excluding hydrogens is 405 g/mol. The molecule has 5 heteroatoms. The van der Waals surface area contributed by atoms with Gasteiger partial charge in [0.15, 0.2) is 5.96 Å². The maximum atomic E-state index is 5.45. The molecule has 0 heterocycles. The first kappa shape index (κ1) is 15.8. The molecular formula is C13H19BrIN3. The Bertz CT molecular complexity index is 407. The van der Waals surface area contributed by atoms with E-state index in [0.717, 1.165) is 4.47 Å². The van der Waals surface area contributed by atoms with Crippen LogP contribution in [0.3, 0.4) is 0 Å². The van der Waals surface area contributed by atoms with Gasteiger partial charge in [-0.3, -0.25) is 4.99 Å². The van der Waals surface area contributed by atoms with Crippen LogP contribution in [0.15, 0.2) is 33.7 Å². The molecule has 3 nitrogen and oxygen atoms in total. The van der Waals surface area contributed by atoms with E-state index in [-0.39, 0.29) is 35.4 Å². The van der Waals surface area contributed by atoms with E-state index < -0.39 is 0 Å². The highest BCUT2D eigenvalue weighted by Crippen LogP contribution is 2.41. The molecule has 100 valence electrons. The molecule has 4 N–H and O–H groups in total. The lowest BCUT2D eigenvalue weighted by molar-refractivity contribution is 0.454. The number of hydrogen-bond donors (Lipinski definition) is 2. The average Bonchev–Trinajstić information content (AvgIpc) is 2.77. The highest BCUT2D eigenvalue weighted by atomic mass is 127. The van der Waals surface area contributed by atoms with Gasteiger partial charge in [0.1, 0.15) is 0 Å². The second-order valence-corrected chi connectivity index (χ2v) is 5.65. The molecule has 0 amide bonds. The number of halogens is 2. The van der Waals surface area contributed by atoms with Gasteiger partial charge < -0.3 is 11.5 Å². The Balaban J connectivity index is 0.00000162. The van der Waals surface area contributed by atoms with Crippen LogP contribution in [0.2, 0.25) is 0 Å². The first-order chi connectivity index (χ1) is 8.12. The van der Waals surface area contributed by atoms with Crippen molar-refractivity contribution < 1.29 is 0 Å². The Morgan fingerprint density at radius 1 is 1.17 bits per heavy atom. The summed E-state index contributed by atoms with van der Waals surface area (Å²) in [4.78, 5) is 4.24. The van der Waals surface area contributed by atoms with Crippen LogP contribution in [-0.4, -0.2) is 12.5 Å². The molecule has 0 aromatic heterocycles. The largest absolute Gasteiger partial charge is 0.370 e. The first-order valence-corrected chi connectivity index (χ1v) is 6.73. The summed E-state index contributed by atoms with van der Waals surface area (Å²) in [6, 6.07) is 8.53. The summed E-state index contributed by atoms with van der Waals surface area (Å²) in [5.74, 6) is 0.188. The summed E-state index contributed by atoms with van der Waals surface area (Å²) in [5.41, 5.74) is 12.4. The summed E-state index contributed by atoms with van der Waals surface area (Å²) in [5, 5.41) is 0. The van der Waals surface area contributed by atoms with Gasteiger partial charge in [-0.25, -0.2) is 0 Å². The van der Waals surface area contributed by atoms with Crippen LogP contribution in [0.4, 0.5) is 0 Å². The van der Waals surface area contributed by atoms with E-state index in [0.29, 0.717) is 6.54 Å². The predicted octanol–water partition coefficient (Wildman–Crippen LogP) is 3.15. The van der Waals surface area contributed by atoms with Crippen LogP contribution < -0.4 is 11.5 Å². The summed E-state index contributed by atoms with van der Waals surface area (Å²) < 4.78 is 1.11. The molecule has 0 radical (unpaired) electrons. The predicted molar refractivity (Wildman–Crippen MR) is 90.4 cm³/mol. The second-order valence-electron chi connectivity index (χ2n) is 4.74. The van der Waals surface area contributed by atoms with Crippen molar-refractivity contribution in [1.29, 1.82) is 0 Å². The van der Waals surface area contributed by atoms with E-state index in [4.69, 9.17) is 11.5 Å². The minimum atomic E-state index is 0. The van der Waals surface area contributed by atoms with Crippen molar-refractivity contribution in [2.75, 3.05) is 6.54 Å². The maximum Gasteiger partial charge on any atom is 0.185 e. The second kappa shape index (κ2) is 6.75. The average molecular weight is 424 g/mol. The van der Waals surface area contributed by atoms with Crippen molar-refractivity contribution in [3.8, 4) is 0 Å². The maximum absolute atomic E-state index is 5.45. The third-order valence-corrected chi connectivity index (χ3v) is 4.11. The molecule has 1 aliphatic carbocycles. The number of aliphatic imine (C=N–C) groups is 1. The van der Waals surface area contributed by atoms with Gasteiger partial charge in [0.25, 0.3) is 0 Å². The molecule has 1 saturated carbocycles. The summed E-state index contributed by atoms with van der Waals surface area (Å²) in [6.07, 6.45) is 4.86. The zero-order chi connectivity index (χ0) is 12.3. The molecule has 0 spiro atoms. The number of benzene rings is 1. The Labute approximate surface area is 134 Å². The SMILES string of the molecule is I.NC(N)=NCC1(c2ccc(Br)cc2)CCCC1. The summed E-state index contributed by atoms with van der Waals surface area (Å²) >= 11 is 3.47. The van der Waals surface area contributed by atoms with E-state index in [9.17, 15) is 0 Å². The first-order valence-electron chi connectivity index (χ1n) is 5.94. The number of nitrogens with zero attached hydrogens (tertiary/aromatic N) is 1. The van der Waals surface area contributed by atoms with Crippen LogP contribution >= 0.6 is 39.9 Å². The van der Waals surface area contributed by atoms with Crippen molar-refractivity contribution in [3.05, 3.63) is 34.3 Å². The topological polar surface area (TPSA) is 64.4 Å². The van der Waals surface area contributed by atoms with Gasteiger partial charge in [-0.1, -0.05) is 40.9 Å². The number of hydrogen-bond acceptors (Lipinski definition) is 1. The molecule has 1 fully saturated rings. The quantitative estimate of drug-likeness (QED) is 0.445. The van der Waals surface area contributed by atoms with Crippen LogP contribution in [0.25, 0.3) is 0 Å². The lowest BCUT2D eigenvalue weighted by Crippen LogP contribution is -2.30.